The van der Waals surface area contributed by atoms with Crippen LogP contribution in [0, 0.1) is 5.82 Å². The van der Waals surface area contributed by atoms with Crippen molar-refractivity contribution in [3.05, 3.63) is 45.1 Å². The van der Waals surface area contributed by atoms with Crippen LogP contribution in [-0.4, -0.2) is 35.3 Å². The van der Waals surface area contributed by atoms with Gasteiger partial charge in [-0.15, -0.1) is 0 Å². The van der Waals surface area contributed by atoms with Crippen LogP contribution in [0.3, 0.4) is 0 Å². The third kappa shape index (κ3) is 2.92. The Morgan fingerprint density at radius 2 is 2.24 bits per heavy atom. The lowest BCUT2D eigenvalue weighted by Crippen LogP contribution is -2.45. The standard InChI is InChI=1S/C15H17FN2O2S/c1-11-8-20-7-6-17(11)10-18-14(9-21-15(18)19)12-4-2-3-5-13(12)16/h2-5,9,11H,6-8,10H2,1H3/t11-/m1/s1. The van der Waals surface area contributed by atoms with Gasteiger partial charge in [0.2, 0.25) is 0 Å². The molecule has 0 saturated carbocycles. The minimum absolute atomic E-state index is 0.0630. The molecule has 0 radical (unpaired) electrons. The molecule has 3 rings (SSSR count). The predicted molar refractivity (Wildman–Crippen MR) is 81.0 cm³/mol. The zero-order chi connectivity index (χ0) is 14.8. The monoisotopic (exact) mass is 308 g/mol. The average Bonchev–Trinajstić information content (AvgIpc) is 2.83. The second-order valence-corrected chi connectivity index (χ2v) is 5.99. The van der Waals surface area contributed by atoms with E-state index in [1.165, 1.54) is 6.07 Å². The third-order valence-corrected chi connectivity index (χ3v) is 4.52. The zero-order valence-electron chi connectivity index (χ0n) is 11.8. The van der Waals surface area contributed by atoms with E-state index in [0.717, 1.165) is 17.9 Å². The highest BCUT2D eigenvalue weighted by Crippen LogP contribution is 2.23. The van der Waals surface area contributed by atoms with Crippen molar-refractivity contribution < 1.29 is 9.13 Å². The first-order chi connectivity index (χ1) is 10.2. The van der Waals surface area contributed by atoms with Crippen molar-refractivity contribution in [3.63, 3.8) is 0 Å². The third-order valence-electron chi connectivity index (χ3n) is 3.76. The van der Waals surface area contributed by atoms with Crippen molar-refractivity contribution in [1.82, 2.24) is 9.47 Å². The lowest BCUT2D eigenvalue weighted by atomic mass is 10.1. The van der Waals surface area contributed by atoms with Crippen molar-refractivity contribution in [2.24, 2.45) is 0 Å². The molecule has 0 spiro atoms. The Balaban J connectivity index is 1.94. The first-order valence-electron chi connectivity index (χ1n) is 6.92. The molecule has 0 bridgehead atoms. The summed E-state index contributed by atoms with van der Waals surface area (Å²) in [5, 5.41) is 1.73. The van der Waals surface area contributed by atoms with E-state index in [1.807, 2.05) is 0 Å². The molecule has 6 heteroatoms. The molecule has 0 unspecified atom stereocenters. The molecule has 1 aromatic heterocycles. The van der Waals surface area contributed by atoms with Gasteiger partial charge in [-0.1, -0.05) is 23.5 Å². The van der Waals surface area contributed by atoms with Gasteiger partial charge in [0, 0.05) is 23.5 Å². The maximum Gasteiger partial charge on any atom is 0.308 e. The summed E-state index contributed by atoms with van der Waals surface area (Å²) in [6, 6.07) is 6.80. The van der Waals surface area contributed by atoms with Crippen LogP contribution in [0.25, 0.3) is 11.3 Å². The molecule has 1 fully saturated rings. The van der Waals surface area contributed by atoms with Gasteiger partial charge in [0.1, 0.15) is 5.82 Å². The number of hydrogen-bond donors (Lipinski definition) is 0. The zero-order valence-corrected chi connectivity index (χ0v) is 12.6. The van der Waals surface area contributed by atoms with Crippen LogP contribution in [0.2, 0.25) is 0 Å². The van der Waals surface area contributed by atoms with E-state index in [0.29, 0.717) is 31.1 Å². The Hall–Kier alpha value is -1.50. The summed E-state index contributed by atoms with van der Waals surface area (Å²) in [4.78, 5) is 14.2. The molecular weight excluding hydrogens is 291 g/mol. The van der Waals surface area contributed by atoms with Gasteiger partial charge in [-0.2, -0.15) is 0 Å². The van der Waals surface area contributed by atoms with E-state index < -0.39 is 0 Å². The molecule has 112 valence electrons. The molecule has 0 aliphatic carbocycles. The SMILES string of the molecule is C[C@@H]1COCCN1Cn1c(-c2ccccc2F)csc1=O. The fourth-order valence-corrected chi connectivity index (χ4v) is 3.25. The van der Waals surface area contributed by atoms with Crippen molar-refractivity contribution in [2.45, 2.75) is 19.6 Å². The minimum Gasteiger partial charge on any atom is -0.379 e. The second-order valence-electron chi connectivity index (χ2n) is 5.17. The summed E-state index contributed by atoms with van der Waals surface area (Å²) in [7, 11) is 0. The molecule has 0 amide bonds. The molecule has 0 N–H and O–H groups in total. The van der Waals surface area contributed by atoms with Crippen LogP contribution in [0.4, 0.5) is 4.39 Å². The highest BCUT2D eigenvalue weighted by molar-refractivity contribution is 7.07. The van der Waals surface area contributed by atoms with Crippen LogP contribution >= 0.6 is 11.3 Å². The van der Waals surface area contributed by atoms with Crippen molar-refractivity contribution in [3.8, 4) is 11.3 Å². The molecule has 2 heterocycles. The summed E-state index contributed by atoms with van der Waals surface area (Å²) in [6.07, 6.45) is 0. The van der Waals surface area contributed by atoms with Gasteiger partial charge in [0.15, 0.2) is 0 Å². The number of morpholine rings is 1. The van der Waals surface area contributed by atoms with Crippen LogP contribution in [0.15, 0.2) is 34.4 Å². The Bertz CT molecular complexity index is 682. The fourth-order valence-electron chi connectivity index (χ4n) is 2.50. The Morgan fingerprint density at radius 3 is 3.00 bits per heavy atom. The number of thiazole rings is 1. The van der Waals surface area contributed by atoms with Crippen LogP contribution in [-0.2, 0) is 11.4 Å². The highest BCUT2D eigenvalue weighted by atomic mass is 32.1. The van der Waals surface area contributed by atoms with Gasteiger partial charge in [0.05, 0.1) is 25.6 Å². The lowest BCUT2D eigenvalue weighted by Gasteiger charge is -2.33. The van der Waals surface area contributed by atoms with E-state index in [-0.39, 0.29) is 16.7 Å². The Morgan fingerprint density at radius 1 is 1.43 bits per heavy atom. The lowest BCUT2D eigenvalue weighted by molar-refractivity contribution is -0.0152. The summed E-state index contributed by atoms with van der Waals surface area (Å²) in [6.45, 7) is 4.64. The van der Waals surface area contributed by atoms with Gasteiger partial charge < -0.3 is 4.74 Å². The van der Waals surface area contributed by atoms with Crippen molar-refractivity contribution in [1.29, 1.82) is 0 Å². The van der Waals surface area contributed by atoms with Gasteiger partial charge >= 0.3 is 4.87 Å². The number of benzene rings is 1. The topological polar surface area (TPSA) is 34.5 Å². The van der Waals surface area contributed by atoms with Gasteiger partial charge in [-0.05, 0) is 19.1 Å². The molecule has 1 atom stereocenters. The van der Waals surface area contributed by atoms with Crippen molar-refractivity contribution >= 4 is 11.3 Å². The van der Waals surface area contributed by atoms with Crippen LogP contribution in [0.1, 0.15) is 6.92 Å². The molecule has 1 aliphatic rings. The minimum atomic E-state index is -0.306. The van der Waals surface area contributed by atoms with E-state index in [2.05, 4.69) is 11.8 Å². The fraction of sp³-hybridized carbons (Fsp3) is 0.400. The summed E-state index contributed by atoms with van der Waals surface area (Å²) in [5.41, 5.74) is 1.11. The van der Waals surface area contributed by atoms with Crippen LogP contribution < -0.4 is 4.87 Å². The second kappa shape index (κ2) is 6.09. The number of rotatable bonds is 3. The molecule has 21 heavy (non-hydrogen) atoms. The number of halogens is 1. The molecule has 2 aromatic rings. The first kappa shape index (κ1) is 14.4. The molecular formula is C15H17FN2O2S. The molecule has 1 aliphatic heterocycles. The maximum atomic E-state index is 14.0. The number of hydrogen-bond acceptors (Lipinski definition) is 4. The largest absolute Gasteiger partial charge is 0.379 e. The van der Waals surface area contributed by atoms with Crippen molar-refractivity contribution in [2.75, 3.05) is 19.8 Å². The first-order valence-corrected chi connectivity index (χ1v) is 7.80. The molecule has 1 aromatic carbocycles. The smallest absolute Gasteiger partial charge is 0.308 e. The average molecular weight is 308 g/mol. The number of ether oxygens (including phenoxy) is 1. The highest BCUT2D eigenvalue weighted by Gasteiger charge is 2.21. The number of aromatic nitrogens is 1. The van der Waals surface area contributed by atoms with Gasteiger partial charge in [-0.25, -0.2) is 4.39 Å². The van der Waals surface area contributed by atoms with E-state index in [9.17, 15) is 9.18 Å². The van der Waals surface area contributed by atoms with Gasteiger partial charge in [-0.3, -0.25) is 14.3 Å². The number of nitrogens with zero attached hydrogens (tertiary/aromatic N) is 2. The van der Waals surface area contributed by atoms with E-state index in [1.54, 1.807) is 28.1 Å². The maximum absolute atomic E-state index is 14.0. The summed E-state index contributed by atoms with van der Waals surface area (Å²) >= 11 is 1.11. The summed E-state index contributed by atoms with van der Waals surface area (Å²) in [5.74, 6) is -0.306. The van der Waals surface area contributed by atoms with Crippen LogP contribution in [0.5, 0.6) is 0 Å². The van der Waals surface area contributed by atoms with E-state index in [4.69, 9.17) is 4.74 Å². The quantitative estimate of drug-likeness (QED) is 0.873. The Labute approximate surface area is 126 Å². The van der Waals surface area contributed by atoms with Gasteiger partial charge in [0.25, 0.3) is 0 Å². The molecule has 4 nitrogen and oxygen atoms in total. The molecule has 1 saturated heterocycles. The summed E-state index contributed by atoms with van der Waals surface area (Å²) < 4.78 is 21.0. The predicted octanol–water partition coefficient (Wildman–Crippen LogP) is 2.39. The van der Waals surface area contributed by atoms with E-state index >= 15 is 0 Å². The Kier molecular flexibility index (Phi) is 4.19. The normalized spacial score (nSPS) is 19.8.